The molecule has 1 N–H and O–H groups in total. The molecular formula is C13H25NO2. The van der Waals surface area contributed by atoms with Crippen molar-refractivity contribution in [2.75, 3.05) is 13.2 Å². The summed E-state index contributed by atoms with van der Waals surface area (Å²) in [7, 11) is 0. The van der Waals surface area contributed by atoms with Crippen LogP contribution in [0, 0.1) is 11.8 Å². The van der Waals surface area contributed by atoms with Crippen LogP contribution < -0.4 is 0 Å². The van der Waals surface area contributed by atoms with Gasteiger partial charge in [0.15, 0.2) is 0 Å². The lowest BCUT2D eigenvalue weighted by Gasteiger charge is -2.25. The first-order valence-corrected chi connectivity index (χ1v) is 6.50. The maximum atomic E-state index is 12.1. The van der Waals surface area contributed by atoms with Crippen LogP contribution in [0.3, 0.4) is 0 Å². The molecule has 0 aromatic carbocycles. The molecule has 0 radical (unpaired) electrons. The minimum atomic E-state index is 0.0840. The van der Waals surface area contributed by atoms with E-state index in [1.165, 1.54) is 0 Å². The Hall–Kier alpha value is -0.570. The van der Waals surface area contributed by atoms with Crippen molar-refractivity contribution in [1.29, 1.82) is 0 Å². The average molecular weight is 227 g/mol. The second-order valence-corrected chi connectivity index (χ2v) is 5.16. The third-order valence-corrected chi connectivity index (χ3v) is 3.55. The maximum Gasteiger partial charge on any atom is 0.223 e. The SMILES string of the molecule is CCC(CC(=O)N(CCO)C1CC1)C(C)C. The standard InChI is InChI=1S/C13H25NO2/c1-4-11(10(2)3)9-13(16)14(7-8-15)12-5-6-12/h10-12,15H,4-9H2,1-3H3. The zero-order valence-electron chi connectivity index (χ0n) is 10.8. The largest absolute Gasteiger partial charge is 0.395 e. The van der Waals surface area contributed by atoms with Gasteiger partial charge in [-0.2, -0.15) is 0 Å². The molecule has 1 saturated carbocycles. The van der Waals surface area contributed by atoms with Gasteiger partial charge in [0.2, 0.25) is 5.91 Å². The first-order chi connectivity index (χ1) is 7.60. The third-order valence-electron chi connectivity index (χ3n) is 3.55. The Balaban J connectivity index is 2.47. The van der Waals surface area contributed by atoms with E-state index in [-0.39, 0.29) is 12.5 Å². The molecule has 1 aliphatic carbocycles. The van der Waals surface area contributed by atoms with E-state index >= 15 is 0 Å². The fourth-order valence-corrected chi connectivity index (χ4v) is 2.20. The van der Waals surface area contributed by atoms with Gasteiger partial charge in [0.25, 0.3) is 0 Å². The van der Waals surface area contributed by atoms with Crippen LogP contribution in [0.15, 0.2) is 0 Å². The van der Waals surface area contributed by atoms with Crippen molar-refractivity contribution >= 4 is 5.91 Å². The third kappa shape index (κ3) is 3.78. The lowest BCUT2D eigenvalue weighted by atomic mass is 9.89. The number of aliphatic hydroxyl groups is 1. The summed E-state index contributed by atoms with van der Waals surface area (Å²) >= 11 is 0. The summed E-state index contributed by atoms with van der Waals surface area (Å²) in [5, 5.41) is 8.97. The monoisotopic (exact) mass is 227 g/mol. The van der Waals surface area contributed by atoms with Gasteiger partial charge in [0.1, 0.15) is 0 Å². The highest BCUT2D eigenvalue weighted by molar-refractivity contribution is 5.77. The number of amides is 1. The van der Waals surface area contributed by atoms with E-state index in [9.17, 15) is 4.79 Å². The van der Waals surface area contributed by atoms with Crippen LogP contribution in [-0.2, 0) is 4.79 Å². The van der Waals surface area contributed by atoms with E-state index in [0.717, 1.165) is 19.3 Å². The van der Waals surface area contributed by atoms with Crippen molar-refractivity contribution in [3.05, 3.63) is 0 Å². The van der Waals surface area contributed by atoms with E-state index in [0.29, 0.717) is 30.8 Å². The number of carbonyl (C=O) groups excluding carboxylic acids is 1. The topological polar surface area (TPSA) is 40.5 Å². The quantitative estimate of drug-likeness (QED) is 0.723. The molecule has 0 heterocycles. The Morgan fingerprint density at radius 2 is 2.06 bits per heavy atom. The number of carbonyl (C=O) groups is 1. The van der Waals surface area contributed by atoms with Crippen LogP contribution >= 0.6 is 0 Å². The summed E-state index contributed by atoms with van der Waals surface area (Å²) in [5.41, 5.74) is 0. The van der Waals surface area contributed by atoms with Gasteiger partial charge in [-0.1, -0.05) is 27.2 Å². The predicted octanol–water partition coefficient (Wildman–Crippen LogP) is 2.04. The van der Waals surface area contributed by atoms with E-state index < -0.39 is 0 Å². The Morgan fingerprint density at radius 1 is 1.44 bits per heavy atom. The normalized spacial score (nSPS) is 17.6. The molecule has 16 heavy (non-hydrogen) atoms. The first-order valence-electron chi connectivity index (χ1n) is 6.50. The molecule has 0 aromatic rings. The molecule has 0 bridgehead atoms. The van der Waals surface area contributed by atoms with Crippen LogP contribution in [0.5, 0.6) is 0 Å². The summed E-state index contributed by atoms with van der Waals surface area (Å²) in [6.07, 6.45) is 3.93. The second kappa shape index (κ2) is 6.24. The van der Waals surface area contributed by atoms with Crippen LogP contribution in [0.25, 0.3) is 0 Å². The molecule has 1 amide bonds. The molecule has 1 atom stereocenters. The van der Waals surface area contributed by atoms with Gasteiger partial charge in [-0.05, 0) is 24.7 Å². The molecule has 0 saturated heterocycles. The van der Waals surface area contributed by atoms with E-state index in [4.69, 9.17) is 5.11 Å². The number of nitrogens with zero attached hydrogens (tertiary/aromatic N) is 1. The summed E-state index contributed by atoms with van der Waals surface area (Å²) in [6, 6.07) is 0.421. The van der Waals surface area contributed by atoms with Gasteiger partial charge in [0, 0.05) is 19.0 Å². The summed E-state index contributed by atoms with van der Waals surface area (Å²) < 4.78 is 0. The highest BCUT2D eigenvalue weighted by atomic mass is 16.3. The first kappa shape index (κ1) is 13.5. The van der Waals surface area contributed by atoms with Crippen LogP contribution in [0.1, 0.15) is 46.5 Å². The van der Waals surface area contributed by atoms with Crippen molar-refractivity contribution in [2.45, 2.75) is 52.5 Å². The van der Waals surface area contributed by atoms with Crippen molar-refractivity contribution < 1.29 is 9.90 Å². The molecule has 0 aliphatic heterocycles. The van der Waals surface area contributed by atoms with Gasteiger partial charge < -0.3 is 10.0 Å². The average Bonchev–Trinajstić information content (AvgIpc) is 3.05. The summed E-state index contributed by atoms with van der Waals surface area (Å²) in [6.45, 7) is 7.09. The van der Waals surface area contributed by atoms with Gasteiger partial charge in [-0.3, -0.25) is 4.79 Å². The van der Waals surface area contributed by atoms with Gasteiger partial charge in [-0.15, -0.1) is 0 Å². The molecule has 1 aliphatic rings. The fraction of sp³-hybridized carbons (Fsp3) is 0.923. The second-order valence-electron chi connectivity index (χ2n) is 5.16. The number of rotatable bonds is 7. The van der Waals surface area contributed by atoms with Crippen LogP contribution in [0.2, 0.25) is 0 Å². The molecule has 94 valence electrons. The summed E-state index contributed by atoms with van der Waals surface area (Å²) in [5.74, 6) is 1.27. The number of aliphatic hydroxyl groups excluding tert-OH is 1. The van der Waals surface area contributed by atoms with E-state index in [2.05, 4.69) is 20.8 Å². The highest BCUT2D eigenvalue weighted by Crippen LogP contribution is 2.29. The maximum absolute atomic E-state index is 12.1. The molecule has 0 aromatic heterocycles. The van der Waals surface area contributed by atoms with Gasteiger partial charge >= 0.3 is 0 Å². The Kier molecular flexibility index (Phi) is 5.26. The molecule has 3 heteroatoms. The fourth-order valence-electron chi connectivity index (χ4n) is 2.20. The molecule has 1 fully saturated rings. The van der Waals surface area contributed by atoms with Crippen molar-refractivity contribution in [1.82, 2.24) is 4.90 Å². The van der Waals surface area contributed by atoms with Crippen LogP contribution in [-0.4, -0.2) is 35.1 Å². The van der Waals surface area contributed by atoms with Crippen LogP contribution in [0.4, 0.5) is 0 Å². The minimum absolute atomic E-state index is 0.0840. The smallest absolute Gasteiger partial charge is 0.223 e. The van der Waals surface area contributed by atoms with E-state index in [1.807, 2.05) is 4.90 Å². The zero-order chi connectivity index (χ0) is 12.1. The molecule has 1 rings (SSSR count). The lowest BCUT2D eigenvalue weighted by Crippen LogP contribution is -2.37. The Morgan fingerprint density at radius 3 is 2.44 bits per heavy atom. The van der Waals surface area contributed by atoms with E-state index in [1.54, 1.807) is 0 Å². The highest BCUT2D eigenvalue weighted by Gasteiger charge is 2.32. The minimum Gasteiger partial charge on any atom is -0.395 e. The summed E-state index contributed by atoms with van der Waals surface area (Å²) in [4.78, 5) is 14.0. The number of hydrogen-bond acceptors (Lipinski definition) is 2. The van der Waals surface area contributed by atoms with Gasteiger partial charge in [0.05, 0.1) is 6.61 Å². The zero-order valence-corrected chi connectivity index (χ0v) is 10.8. The van der Waals surface area contributed by atoms with Crippen molar-refractivity contribution in [2.24, 2.45) is 11.8 Å². The molecular weight excluding hydrogens is 202 g/mol. The Labute approximate surface area is 98.8 Å². The lowest BCUT2D eigenvalue weighted by molar-refractivity contribution is -0.133. The van der Waals surface area contributed by atoms with Gasteiger partial charge in [-0.25, -0.2) is 0 Å². The Bertz CT molecular complexity index is 224. The number of hydrogen-bond donors (Lipinski definition) is 1. The van der Waals surface area contributed by atoms with Crippen molar-refractivity contribution in [3.8, 4) is 0 Å². The molecule has 0 spiro atoms. The van der Waals surface area contributed by atoms with Crippen molar-refractivity contribution in [3.63, 3.8) is 0 Å². The molecule has 1 unspecified atom stereocenters. The predicted molar refractivity (Wildman–Crippen MR) is 65.1 cm³/mol. The molecule has 3 nitrogen and oxygen atoms in total.